The second kappa shape index (κ2) is 4.27. The summed E-state index contributed by atoms with van der Waals surface area (Å²) in [6.07, 6.45) is 0. The molecule has 0 aliphatic heterocycles. The summed E-state index contributed by atoms with van der Waals surface area (Å²) >= 11 is 0. The number of benzene rings is 1. The average molecular weight is 191 g/mol. The number of carbonyl (C=O) groups excluding carboxylic acids is 1. The molecular formula is C12H17NO. The largest absolute Gasteiger partial charge is 0.350 e. The van der Waals surface area contributed by atoms with Gasteiger partial charge in [0.2, 0.25) is 0 Å². The lowest BCUT2D eigenvalue weighted by Gasteiger charge is -2.12. The average Bonchev–Trinajstić information content (AvgIpc) is 2.01. The van der Waals surface area contributed by atoms with Crippen molar-refractivity contribution in [2.75, 3.05) is 0 Å². The van der Waals surface area contributed by atoms with Gasteiger partial charge < -0.3 is 5.32 Å². The normalized spacial score (nSPS) is 10.4. The Morgan fingerprint density at radius 3 is 2.14 bits per heavy atom. The topological polar surface area (TPSA) is 29.1 Å². The van der Waals surface area contributed by atoms with Gasteiger partial charge in [-0.3, -0.25) is 4.79 Å². The van der Waals surface area contributed by atoms with Crippen LogP contribution in [0.15, 0.2) is 18.2 Å². The summed E-state index contributed by atoms with van der Waals surface area (Å²) in [5.41, 5.74) is 2.87. The lowest BCUT2D eigenvalue weighted by Crippen LogP contribution is -2.31. The summed E-state index contributed by atoms with van der Waals surface area (Å²) in [7, 11) is 0. The highest BCUT2D eigenvalue weighted by Gasteiger charge is 2.11. The Balaban J connectivity index is 3.00. The van der Waals surface area contributed by atoms with Crippen LogP contribution in [-0.2, 0) is 0 Å². The van der Waals surface area contributed by atoms with Crippen LogP contribution in [0.25, 0.3) is 0 Å². The van der Waals surface area contributed by atoms with E-state index in [1.54, 1.807) is 0 Å². The van der Waals surface area contributed by atoms with Gasteiger partial charge >= 0.3 is 0 Å². The molecular weight excluding hydrogens is 174 g/mol. The maximum Gasteiger partial charge on any atom is 0.252 e. The Morgan fingerprint density at radius 1 is 1.21 bits per heavy atom. The van der Waals surface area contributed by atoms with Gasteiger partial charge in [-0.05, 0) is 38.8 Å². The van der Waals surface area contributed by atoms with Gasteiger partial charge in [-0.25, -0.2) is 0 Å². The third-order valence-corrected chi connectivity index (χ3v) is 2.13. The molecule has 0 atom stereocenters. The molecule has 0 saturated heterocycles. The maximum absolute atomic E-state index is 11.8. The van der Waals surface area contributed by atoms with Crippen LogP contribution in [0.3, 0.4) is 0 Å². The summed E-state index contributed by atoms with van der Waals surface area (Å²) in [4.78, 5) is 11.8. The zero-order chi connectivity index (χ0) is 10.7. The molecule has 1 aromatic carbocycles. The number of nitrogens with one attached hydrogen (secondary N) is 1. The summed E-state index contributed by atoms with van der Waals surface area (Å²) in [6, 6.07) is 6.07. The molecule has 0 aliphatic rings. The van der Waals surface area contributed by atoms with Crippen LogP contribution in [0.2, 0.25) is 0 Å². The molecule has 0 saturated carbocycles. The van der Waals surface area contributed by atoms with Crippen LogP contribution >= 0.6 is 0 Å². The van der Waals surface area contributed by atoms with Gasteiger partial charge in [0.05, 0.1) is 0 Å². The highest BCUT2D eigenvalue weighted by Crippen LogP contribution is 2.12. The van der Waals surface area contributed by atoms with E-state index in [9.17, 15) is 4.79 Å². The first-order chi connectivity index (χ1) is 6.52. The smallest absolute Gasteiger partial charge is 0.252 e. The highest BCUT2D eigenvalue weighted by molar-refractivity contribution is 5.97. The number of hydrogen-bond donors (Lipinski definition) is 1. The fourth-order valence-electron chi connectivity index (χ4n) is 1.51. The van der Waals surface area contributed by atoms with Gasteiger partial charge in [0.15, 0.2) is 0 Å². The van der Waals surface area contributed by atoms with Crippen LogP contribution in [0.1, 0.15) is 35.3 Å². The van der Waals surface area contributed by atoms with E-state index in [4.69, 9.17) is 0 Å². The van der Waals surface area contributed by atoms with E-state index < -0.39 is 0 Å². The molecule has 0 aliphatic carbocycles. The number of rotatable bonds is 2. The van der Waals surface area contributed by atoms with Crippen molar-refractivity contribution in [1.29, 1.82) is 0 Å². The molecule has 2 nitrogen and oxygen atoms in total. The monoisotopic (exact) mass is 191 g/mol. The van der Waals surface area contributed by atoms with Gasteiger partial charge in [-0.1, -0.05) is 18.2 Å². The number of aryl methyl sites for hydroxylation is 2. The number of hydrogen-bond acceptors (Lipinski definition) is 1. The van der Waals surface area contributed by atoms with Crippen molar-refractivity contribution >= 4 is 5.91 Å². The summed E-state index contributed by atoms with van der Waals surface area (Å²) in [6.45, 7) is 7.85. The van der Waals surface area contributed by atoms with Gasteiger partial charge in [0.1, 0.15) is 0 Å². The molecule has 1 amide bonds. The maximum atomic E-state index is 11.8. The lowest BCUT2D eigenvalue weighted by atomic mass is 10.0. The van der Waals surface area contributed by atoms with Crippen molar-refractivity contribution in [3.8, 4) is 0 Å². The van der Waals surface area contributed by atoms with Crippen LogP contribution in [-0.4, -0.2) is 11.9 Å². The minimum atomic E-state index is 0.0237. The lowest BCUT2D eigenvalue weighted by molar-refractivity contribution is 0.0942. The van der Waals surface area contributed by atoms with Crippen molar-refractivity contribution < 1.29 is 4.79 Å². The second-order valence-corrected chi connectivity index (χ2v) is 3.89. The third-order valence-electron chi connectivity index (χ3n) is 2.13. The van der Waals surface area contributed by atoms with E-state index in [2.05, 4.69) is 5.32 Å². The van der Waals surface area contributed by atoms with Crippen molar-refractivity contribution in [2.45, 2.75) is 33.7 Å². The first kappa shape index (κ1) is 10.8. The molecule has 1 aromatic rings. The predicted octanol–water partition coefficient (Wildman–Crippen LogP) is 2.44. The highest BCUT2D eigenvalue weighted by atomic mass is 16.1. The van der Waals surface area contributed by atoms with Crippen LogP contribution < -0.4 is 5.32 Å². The fourth-order valence-corrected chi connectivity index (χ4v) is 1.51. The van der Waals surface area contributed by atoms with Crippen LogP contribution in [0.4, 0.5) is 0 Å². The van der Waals surface area contributed by atoms with Gasteiger partial charge in [0.25, 0.3) is 5.91 Å². The van der Waals surface area contributed by atoms with E-state index in [1.165, 1.54) is 0 Å². The molecule has 0 spiro atoms. The first-order valence-electron chi connectivity index (χ1n) is 4.89. The minimum absolute atomic E-state index is 0.0237. The molecule has 2 heteroatoms. The molecule has 0 unspecified atom stereocenters. The molecule has 0 bridgehead atoms. The van der Waals surface area contributed by atoms with E-state index in [0.29, 0.717) is 0 Å². The predicted molar refractivity (Wildman–Crippen MR) is 58.5 cm³/mol. The number of carbonyl (C=O) groups is 1. The SMILES string of the molecule is Cc1cccc(C)c1C(=O)NC(C)C. The van der Waals surface area contributed by atoms with Gasteiger partial charge in [-0.2, -0.15) is 0 Å². The minimum Gasteiger partial charge on any atom is -0.350 e. The van der Waals surface area contributed by atoms with E-state index >= 15 is 0 Å². The van der Waals surface area contributed by atoms with Gasteiger partial charge in [0, 0.05) is 11.6 Å². The molecule has 1 rings (SSSR count). The zero-order valence-corrected chi connectivity index (χ0v) is 9.22. The number of amides is 1. The third kappa shape index (κ3) is 2.34. The second-order valence-electron chi connectivity index (χ2n) is 3.89. The summed E-state index contributed by atoms with van der Waals surface area (Å²) in [5.74, 6) is 0.0237. The zero-order valence-electron chi connectivity index (χ0n) is 9.22. The van der Waals surface area contributed by atoms with Crippen molar-refractivity contribution in [3.63, 3.8) is 0 Å². The van der Waals surface area contributed by atoms with Crippen molar-refractivity contribution in [1.82, 2.24) is 5.32 Å². The quantitative estimate of drug-likeness (QED) is 0.764. The Hall–Kier alpha value is -1.31. The molecule has 0 aromatic heterocycles. The molecule has 0 radical (unpaired) electrons. The van der Waals surface area contributed by atoms with Gasteiger partial charge in [-0.15, -0.1) is 0 Å². The standard InChI is InChI=1S/C12H17NO/c1-8(2)13-12(14)11-9(3)6-5-7-10(11)4/h5-8H,1-4H3,(H,13,14). The van der Waals surface area contributed by atoms with E-state index in [-0.39, 0.29) is 11.9 Å². The Kier molecular flexibility index (Phi) is 3.28. The molecule has 0 heterocycles. The summed E-state index contributed by atoms with van der Waals surface area (Å²) in [5, 5.41) is 2.90. The van der Waals surface area contributed by atoms with Crippen molar-refractivity contribution in [2.24, 2.45) is 0 Å². The molecule has 1 N–H and O–H groups in total. The summed E-state index contributed by atoms with van der Waals surface area (Å²) < 4.78 is 0. The Morgan fingerprint density at radius 2 is 1.71 bits per heavy atom. The van der Waals surface area contributed by atoms with E-state index in [1.807, 2.05) is 45.9 Å². The molecule has 14 heavy (non-hydrogen) atoms. The Labute approximate surface area is 85.3 Å². The van der Waals surface area contributed by atoms with Crippen LogP contribution in [0.5, 0.6) is 0 Å². The van der Waals surface area contributed by atoms with E-state index in [0.717, 1.165) is 16.7 Å². The molecule has 0 fully saturated rings. The van der Waals surface area contributed by atoms with Crippen LogP contribution in [0, 0.1) is 13.8 Å². The molecule has 76 valence electrons. The Bertz CT molecular complexity index is 322. The van der Waals surface area contributed by atoms with Crippen molar-refractivity contribution in [3.05, 3.63) is 34.9 Å². The fraction of sp³-hybridized carbons (Fsp3) is 0.417. The first-order valence-corrected chi connectivity index (χ1v) is 4.89.